The van der Waals surface area contributed by atoms with Crippen LogP contribution in [-0.2, 0) is 11.3 Å². The Morgan fingerprint density at radius 1 is 1.14 bits per heavy atom. The molecule has 6 nitrogen and oxygen atoms in total. The highest BCUT2D eigenvalue weighted by atomic mass is 16.5. The number of ether oxygens (including phenoxy) is 1. The van der Waals surface area contributed by atoms with Crippen molar-refractivity contribution in [3.63, 3.8) is 0 Å². The number of hydrogen-bond acceptors (Lipinski definition) is 6. The van der Waals surface area contributed by atoms with Crippen molar-refractivity contribution >= 4 is 11.9 Å². The van der Waals surface area contributed by atoms with Crippen LogP contribution in [0, 0.1) is 13.8 Å². The van der Waals surface area contributed by atoms with Gasteiger partial charge in [-0.1, -0.05) is 29.8 Å². The fourth-order valence-corrected chi connectivity index (χ4v) is 1.87. The molecule has 0 bridgehead atoms. The molecule has 0 saturated carbocycles. The Morgan fingerprint density at radius 2 is 1.86 bits per heavy atom. The van der Waals surface area contributed by atoms with E-state index in [1.165, 1.54) is 5.56 Å². The van der Waals surface area contributed by atoms with Gasteiger partial charge in [0.1, 0.15) is 5.82 Å². The lowest BCUT2D eigenvalue weighted by atomic mass is 10.2. The zero-order valence-corrected chi connectivity index (χ0v) is 12.6. The van der Waals surface area contributed by atoms with Crippen molar-refractivity contribution in [3.8, 4) is 0 Å². The van der Waals surface area contributed by atoms with Gasteiger partial charge < -0.3 is 15.8 Å². The highest BCUT2D eigenvalue weighted by Gasteiger charge is 2.06. The number of nitrogens with one attached hydrogen (secondary N) is 1. The van der Waals surface area contributed by atoms with Gasteiger partial charge in [0.15, 0.2) is 0 Å². The molecule has 0 aliphatic heterocycles. The SMILES string of the molecule is Cc1ccc(COCC(C)Nc2nc(C)nc(N)n2)cc1. The molecule has 2 rings (SSSR count). The fraction of sp³-hybridized carbons (Fsp3) is 0.400. The summed E-state index contributed by atoms with van der Waals surface area (Å²) in [5.41, 5.74) is 8.00. The van der Waals surface area contributed by atoms with Gasteiger partial charge in [0.05, 0.1) is 13.2 Å². The van der Waals surface area contributed by atoms with Gasteiger partial charge in [-0.3, -0.25) is 0 Å². The van der Waals surface area contributed by atoms with E-state index in [2.05, 4.69) is 51.5 Å². The summed E-state index contributed by atoms with van der Waals surface area (Å²) in [4.78, 5) is 12.2. The number of benzene rings is 1. The molecule has 1 heterocycles. The molecule has 1 atom stereocenters. The van der Waals surface area contributed by atoms with Crippen LogP contribution >= 0.6 is 0 Å². The smallest absolute Gasteiger partial charge is 0.228 e. The molecule has 0 amide bonds. The molecule has 0 radical (unpaired) electrons. The summed E-state index contributed by atoms with van der Waals surface area (Å²) in [6.07, 6.45) is 0. The van der Waals surface area contributed by atoms with Crippen molar-refractivity contribution in [3.05, 3.63) is 41.2 Å². The summed E-state index contributed by atoms with van der Waals surface area (Å²) in [6, 6.07) is 8.39. The first-order valence-electron chi connectivity index (χ1n) is 6.91. The van der Waals surface area contributed by atoms with Gasteiger partial charge in [0.25, 0.3) is 0 Å². The number of aryl methyl sites for hydroxylation is 2. The van der Waals surface area contributed by atoms with E-state index in [0.717, 1.165) is 5.56 Å². The molecule has 0 aliphatic rings. The van der Waals surface area contributed by atoms with Crippen LogP contribution in [0.1, 0.15) is 23.9 Å². The van der Waals surface area contributed by atoms with Crippen LogP contribution in [0.15, 0.2) is 24.3 Å². The first kappa shape index (κ1) is 15.2. The second-order valence-corrected chi connectivity index (χ2v) is 5.11. The Morgan fingerprint density at radius 3 is 2.52 bits per heavy atom. The van der Waals surface area contributed by atoms with Gasteiger partial charge in [-0.2, -0.15) is 15.0 Å². The van der Waals surface area contributed by atoms with Crippen LogP contribution in [0.5, 0.6) is 0 Å². The third-order valence-corrected chi connectivity index (χ3v) is 2.90. The van der Waals surface area contributed by atoms with Crippen LogP contribution in [0.2, 0.25) is 0 Å². The van der Waals surface area contributed by atoms with Crippen LogP contribution < -0.4 is 11.1 Å². The minimum atomic E-state index is 0.0802. The lowest BCUT2D eigenvalue weighted by molar-refractivity contribution is 0.115. The summed E-state index contributed by atoms with van der Waals surface area (Å²) in [6.45, 7) is 6.99. The number of hydrogen-bond donors (Lipinski definition) is 2. The van der Waals surface area contributed by atoms with E-state index in [-0.39, 0.29) is 12.0 Å². The Labute approximate surface area is 124 Å². The quantitative estimate of drug-likeness (QED) is 0.846. The molecule has 0 fully saturated rings. The van der Waals surface area contributed by atoms with Gasteiger partial charge in [-0.15, -0.1) is 0 Å². The molecule has 2 aromatic rings. The summed E-state index contributed by atoms with van der Waals surface area (Å²) in [5, 5.41) is 3.15. The predicted molar refractivity (Wildman–Crippen MR) is 82.9 cm³/mol. The number of rotatable bonds is 6. The molecule has 112 valence electrons. The van der Waals surface area contributed by atoms with Crippen LogP contribution in [0.3, 0.4) is 0 Å². The Bertz CT molecular complexity index is 565. The monoisotopic (exact) mass is 287 g/mol. The largest absolute Gasteiger partial charge is 0.375 e. The second kappa shape index (κ2) is 6.99. The maximum Gasteiger partial charge on any atom is 0.228 e. The van der Waals surface area contributed by atoms with Crippen molar-refractivity contribution in [2.24, 2.45) is 0 Å². The van der Waals surface area contributed by atoms with E-state index < -0.39 is 0 Å². The third kappa shape index (κ3) is 5.00. The summed E-state index contributed by atoms with van der Waals surface area (Å²) >= 11 is 0. The van der Waals surface area contributed by atoms with Gasteiger partial charge in [-0.25, -0.2) is 0 Å². The number of aromatic nitrogens is 3. The molecule has 0 saturated heterocycles. The summed E-state index contributed by atoms with van der Waals surface area (Å²) in [5.74, 6) is 1.29. The average Bonchev–Trinajstić information content (AvgIpc) is 2.39. The fourth-order valence-electron chi connectivity index (χ4n) is 1.87. The first-order valence-corrected chi connectivity index (χ1v) is 6.91. The van der Waals surface area contributed by atoms with Crippen LogP contribution in [-0.4, -0.2) is 27.6 Å². The summed E-state index contributed by atoms with van der Waals surface area (Å²) < 4.78 is 5.69. The molecular formula is C15H21N5O. The highest BCUT2D eigenvalue weighted by Crippen LogP contribution is 2.07. The van der Waals surface area contributed by atoms with Gasteiger partial charge >= 0.3 is 0 Å². The van der Waals surface area contributed by atoms with Crippen molar-refractivity contribution in [2.45, 2.75) is 33.4 Å². The highest BCUT2D eigenvalue weighted by molar-refractivity contribution is 5.31. The standard InChI is InChI=1S/C15H21N5O/c1-10-4-6-13(7-5-10)9-21-8-11(2)17-15-19-12(3)18-14(16)20-15/h4-7,11H,8-9H2,1-3H3,(H3,16,17,18,19,20). The molecule has 1 aromatic carbocycles. The third-order valence-electron chi connectivity index (χ3n) is 2.90. The molecular weight excluding hydrogens is 266 g/mol. The van der Waals surface area contributed by atoms with E-state index >= 15 is 0 Å². The number of nitrogen functional groups attached to an aromatic ring is 1. The predicted octanol–water partition coefficient (Wildman–Crippen LogP) is 2.09. The van der Waals surface area contributed by atoms with Gasteiger partial charge in [-0.05, 0) is 26.3 Å². The van der Waals surface area contributed by atoms with E-state index in [1.807, 2.05) is 6.92 Å². The molecule has 21 heavy (non-hydrogen) atoms. The van der Waals surface area contributed by atoms with E-state index in [0.29, 0.717) is 25.0 Å². The Kier molecular flexibility index (Phi) is 5.05. The molecule has 0 aliphatic carbocycles. The molecule has 6 heteroatoms. The molecule has 1 unspecified atom stereocenters. The minimum Gasteiger partial charge on any atom is -0.375 e. The topological polar surface area (TPSA) is 86.0 Å². The lowest BCUT2D eigenvalue weighted by Crippen LogP contribution is -2.23. The van der Waals surface area contributed by atoms with E-state index in [1.54, 1.807) is 6.92 Å². The number of nitrogens with two attached hydrogens (primary N) is 1. The normalized spacial score (nSPS) is 12.1. The lowest BCUT2D eigenvalue weighted by Gasteiger charge is -2.14. The maximum atomic E-state index is 5.69. The minimum absolute atomic E-state index is 0.0802. The zero-order valence-electron chi connectivity index (χ0n) is 12.6. The van der Waals surface area contributed by atoms with Crippen LogP contribution in [0.4, 0.5) is 11.9 Å². The zero-order chi connectivity index (χ0) is 15.2. The van der Waals surface area contributed by atoms with Crippen molar-refractivity contribution in [1.82, 2.24) is 15.0 Å². The molecule has 0 spiro atoms. The van der Waals surface area contributed by atoms with Crippen molar-refractivity contribution < 1.29 is 4.74 Å². The van der Waals surface area contributed by atoms with Gasteiger partial charge in [0, 0.05) is 6.04 Å². The number of anilines is 2. The summed E-state index contributed by atoms with van der Waals surface area (Å²) in [7, 11) is 0. The second-order valence-electron chi connectivity index (χ2n) is 5.11. The first-order chi connectivity index (χ1) is 10.0. The van der Waals surface area contributed by atoms with Crippen LogP contribution in [0.25, 0.3) is 0 Å². The van der Waals surface area contributed by atoms with Gasteiger partial charge in [0.2, 0.25) is 11.9 Å². The Balaban J connectivity index is 1.79. The van der Waals surface area contributed by atoms with Crippen molar-refractivity contribution in [1.29, 1.82) is 0 Å². The number of nitrogens with zero attached hydrogens (tertiary/aromatic N) is 3. The molecule has 3 N–H and O–H groups in total. The van der Waals surface area contributed by atoms with E-state index in [4.69, 9.17) is 10.5 Å². The van der Waals surface area contributed by atoms with E-state index in [9.17, 15) is 0 Å². The van der Waals surface area contributed by atoms with Crippen molar-refractivity contribution in [2.75, 3.05) is 17.7 Å². The molecule has 1 aromatic heterocycles. The average molecular weight is 287 g/mol. The Hall–Kier alpha value is -2.21. The maximum absolute atomic E-state index is 5.69.